The zero-order valence-electron chi connectivity index (χ0n) is 20.6. The van der Waals surface area contributed by atoms with Crippen molar-refractivity contribution in [2.24, 2.45) is 5.92 Å². The predicted molar refractivity (Wildman–Crippen MR) is 139 cm³/mol. The molecule has 2 fully saturated rings. The molecule has 3 aromatic carbocycles. The van der Waals surface area contributed by atoms with Crippen molar-refractivity contribution in [1.29, 1.82) is 0 Å². The summed E-state index contributed by atoms with van der Waals surface area (Å²) in [6.45, 7) is 2.47. The van der Waals surface area contributed by atoms with E-state index in [0.717, 1.165) is 12.0 Å². The SMILES string of the molecule is Cc1ccc2c(c1)[C@@]1(C(=O)N2)[C@H](C(=O)c2cccc([N+](=O)[O-])c2)[C@]2(C(=O)Nc3ccccc32)[C@H]2CCCN21. The number of non-ortho nitro benzene ring substituents is 1. The van der Waals surface area contributed by atoms with Crippen LogP contribution in [0.4, 0.5) is 17.1 Å². The second-order valence-electron chi connectivity index (χ2n) is 10.6. The first-order chi connectivity index (χ1) is 18.3. The zero-order valence-corrected chi connectivity index (χ0v) is 20.6. The molecular weight excluding hydrogens is 484 g/mol. The number of carbonyl (C=O) groups excluding carboxylic acids is 3. The Labute approximate surface area is 218 Å². The molecule has 0 aliphatic carbocycles. The monoisotopic (exact) mass is 508 g/mol. The topological polar surface area (TPSA) is 122 Å². The predicted octanol–water partition coefficient (Wildman–Crippen LogP) is 3.92. The minimum atomic E-state index is -1.45. The molecule has 0 radical (unpaired) electrons. The summed E-state index contributed by atoms with van der Waals surface area (Å²) in [7, 11) is 0. The number of nitro benzene ring substituents is 1. The molecule has 4 atom stereocenters. The van der Waals surface area contributed by atoms with Crippen molar-refractivity contribution in [1.82, 2.24) is 4.90 Å². The molecule has 9 heteroatoms. The van der Waals surface area contributed by atoms with Crippen molar-refractivity contribution in [2.75, 3.05) is 17.2 Å². The van der Waals surface area contributed by atoms with Crippen molar-refractivity contribution < 1.29 is 19.3 Å². The molecule has 4 aliphatic heterocycles. The van der Waals surface area contributed by atoms with Gasteiger partial charge in [-0.1, -0.05) is 48.0 Å². The first kappa shape index (κ1) is 22.8. The van der Waals surface area contributed by atoms with E-state index in [1.54, 1.807) is 0 Å². The third-order valence-electron chi connectivity index (χ3n) is 8.88. The lowest BCUT2D eigenvalue weighted by Crippen LogP contribution is -2.55. The fraction of sp³-hybridized carbons (Fsp3) is 0.276. The normalized spacial score (nSPS) is 28.8. The molecule has 9 nitrogen and oxygen atoms in total. The Morgan fingerprint density at radius 3 is 2.55 bits per heavy atom. The lowest BCUT2D eigenvalue weighted by molar-refractivity contribution is -0.384. The molecule has 0 bridgehead atoms. The van der Waals surface area contributed by atoms with Gasteiger partial charge in [0, 0.05) is 40.7 Å². The Balaban J connectivity index is 1.58. The van der Waals surface area contributed by atoms with Gasteiger partial charge in [-0.05, 0) is 44.0 Å². The van der Waals surface area contributed by atoms with Crippen molar-refractivity contribution in [2.45, 2.75) is 36.8 Å². The Bertz CT molecular complexity index is 1600. The Morgan fingerprint density at radius 1 is 0.974 bits per heavy atom. The number of rotatable bonds is 3. The van der Waals surface area contributed by atoms with Crippen LogP contribution in [0.15, 0.2) is 66.7 Å². The first-order valence-corrected chi connectivity index (χ1v) is 12.7. The van der Waals surface area contributed by atoms with Gasteiger partial charge in [0.05, 0.1) is 10.8 Å². The minimum absolute atomic E-state index is 0.107. The lowest BCUT2D eigenvalue weighted by Gasteiger charge is -2.38. The molecular formula is C29H24N4O5. The maximum atomic E-state index is 14.8. The Hall–Kier alpha value is -4.37. The van der Waals surface area contributed by atoms with Gasteiger partial charge in [0.15, 0.2) is 5.78 Å². The third-order valence-corrected chi connectivity index (χ3v) is 8.88. The second-order valence-corrected chi connectivity index (χ2v) is 10.6. The van der Waals surface area contributed by atoms with Crippen LogP contribution in [0.2, 0.25) is 0 Å². The summed E-state index contributed by atoms with van der Waals surface area (Å²) < 4.78 is 0. The van der Waals surface area contributed by atoms with Crippen LogP contribution in [0.25, 0.3) is 0 Å². The highest BCUT2D eigenvalue weighted by Crippen LogP contribution is 2.66. The molecule has 2 amide bonds. The molecule has 190 valence electrons. The van der Waals surface area contributed by atoms with E-state index < -0.39 is 33.6 Å². The van der Waals surface area contributed by atoms with E-state index in [4.69, 9.17) is 0 Å². The molecule has 2 saturated heterocycles. The Morgan fingerprint density at radius 2 is 1.74 bits per heavy atom. The quantitative estimate of drug-likeness (QED) is 0.314. The molecule has 0 aromatic heterocycles. The van der Waals surface area contributed by atoms with Crippen LogP contribution in [0.5, 0.6) is 0 Å². The van der Waals surface area contributed by atoms with Gasteiger partial charge in [0.1, 0.15) is 11.0 Å². The number of amides is 2. The molecule has 2 N–H and O–H groups in total. The maximum Gasteiger partial charge on any atom is 0.270 e. The summed E-state index contributed by atoms with van der Waals surface area (Å²) in [6, 6.07) is 18.2. The van der Waals surface area contributed by atoms with Crippen molar-refractivity contribution >= 4 is 34.7 Å². The highest BCUT2D eigenvalue weighted by molar-refractivity contribution is 6.18. The zero-order chi connectivity index (χ0) is 26.4. The van der Waals surface area contributed by atoms with Crippen molar-refractivity contribution in [3.8, 4) is 0 Å². The highest BCUT2D eigenvalue weighted by Gasteiger charge is 2.78. The molecule has 38 heavy (non-hydrogen) atoms. The summed E-state index contributed by atoms with van der Waals surface area (Å²) in [6.07, 6.45) is 1.41. The van der Waals surface area contributed by atoms with E-state index in [-0.39, 0.29) is 23.1 Å². The number of nitro groups is 1. The molecule has 4 aliphatic rings. The number of ketones is 1. The van der Waals surface area contributed by atoms with E-state index in [0.29, 0.717) is 35.5 Å². The first-order valence-electron chi connectivity index (χ1n) is 12.7. The fourth-order valence-electron chi connectivity index (χ4n) is 7.60. The lowest BCUT2D eigenvalue weighted by atomic mass is 9.60. The third kappa shape index (κ3) is 2.56. The molecule has 4 heterocycles. The van der Waals surface area contributed by atoms with Gasteiger partial charge in [-0.2, -0.15) is 0 Å². The summed E-state index contributed by atoms with van der Waals surface area (Å²) in [5, 5.41) is 17.6. The summed E-state index contributed by atoms with van der Waals surface area (Å²) >= 11 is 0. The van der Waals surface area contributed by atoms with Crippen LogP contribution in [0.1, 0.15) is 39.9 Å². The number of fused-ring (bicyclic) bond motifs is 7. The summed E-state index contributed by atoms with van der Waals surface area (Å²) in [4.78, 5) is 56.3. The van der Waals surface area contributed by atoms with Crippen LogP contribution < -0.4 is 10.6 Å². The molecule has 7 rings (SSSR count). The number of hydrogen-bond acceptors (Lipinski definition) is 6. The van der Waals surface area contributed by atoms with Gasteiger partial charge in [-0.3, -0.25) is 29.4 Å². The van der Waals surface area contributed by atoms with Gasteiger partial charge < -0.3 is 10.6 Å². The largest absolute Gasteiger partial charge is 0.325 e. The van der Waals surface area contributed by atoms with E-state index in [1.807, 2.05) is 49.4 Å². The van der Waals surface area contributed by atoms with E-state index in [2.05, 4.69) is 15.5 Å². The van der Waals surface area contributed by atoms with Crippen LogP contribution in [0, 0.1) is 23.0 Å². The average Bonchev–Trinajstić information content (AvgIpc) is 3.63. The number of nitrogens with zero attached hydrogens (tertiary/aromatic N) is 2. The van der Waals surface area contributed by atoms with Crippen molar-refractivity contribution in [3.63, 3.8) is 0 Å². The number of Topliss-reactive ketones (excluding diaryl/α,β-unsaturated/α-hetero) is 1. The van der Waals surface area contributed by atoms with Crippen LogP contribution >= 0.6 is 0 Å². The van der Waals surface area contributed by atoms with E-state index >= 15 is 0 Å². The standard InChI is InChI=1S/C29H24N4O5/c1-16-11-12-22-20(14-16)29(27(36)31-22)25(24(34)17-6-4-7-18(15-17)33(37)38)28(23-10-5-13-32(23)29)19-8-2-3-9-21(19)30-26(28)35/h2-4,6-9,11-12,14-15,23,25H,5,10,13H2,1H3,(H,30,35)(H,31,36)/t23-,25-,28-,29+/m1/s1. The fourth-order valence-corrected chi connectivity index (χ4v) is 7.60. The van der Waals surface area contributed by atoms with Crippen LogP contribution in [-0.4, -0.2) is 40.0 Å². The van der Waals surface area contributed by atoms with Gasteiger partial charge in [-0.15, -0.1) is 0 Å². The van der Waals surface area contributed by atoms with E-state index in [9.17, 15) is 24.5 Å². The number of para-hydroxylation sites is 1. The smallest absolute Gasteiger partial charge is 0.270 e. The molecule has 3 aromatic rings. The summed E-state index contributed by atoms with van der Waals surface area (Å²) in [5.74, 6) is -2.26. The highest BCUT2D eigenvalue weighted by atomic mass is 16.6. The number of carbonyl (C=O) groups is 3. The molecule has 0 saturated carbocycles. The minimum Gasteiger partial charge on any atom is -0.325 e. The number of anilines is 2. The number of benzene rings is 3. The van der Waals surface area contributed by atoms with Gasteiger partial charge in [0.2, 0.25) is 11.8 Å². The van der Waals surface area contributed by atoms with Crippen molar-refractivity contribution in [3.05, 3.63) is 99.1 Å². The maximum absolute atomic E-state index is 14.8. The van der Waals surface area contributed by atoms with Gasteiger partial charge in [-0.25, -0.2) is 0 Å². The Kier molecular flexibility index (Phi) is 4.55. The average molecular weight is 509 g/mol. The molecule has 2 spiro atoms. The number of hydrogen-bond donors (Lipinski definition) is 2. The van der Waals surface area contributed by atoms with Crippen LogP contribution in [0.3, 0.4) is 0 Å². The number of nitrogens with one attached hydrogen (secondary N) is 2. The molecule has 0 unspecified atom stereocenters. The van der Waals surface area contributed by atoms with Gasteiger partial charge >= 0.3 is 0 Å². The van der Waals surface area contributed by atoms with Gasteiger partial charge in [0.25, 0.3) is 5.69 Å². The second kappa shape index (κ2) is 7.58. The van der Waals surface area contributed by atoms with E-state index in [1.165, 1.54) is 24.3 Å². The van der Waals surface area contributed by atoms with Crippen LogP contribution in [-0.2, 0) is 20.5 Å². The summed E-state index contributed by atoms with van der Waals surface area (Å²) in [5.41, 5.74) is 0.623. The number of aryl methyl sites for hydroxylation is 1.